The minimum Gasteiger partial charge on any atom is -0.382 e. The smallest absolute Gasteiger partial charge is 0.251 e. The maximum atomic E-state index is 12.7. The van der Waals surface area contributed by atoms with Crippen molar-refractivity contribution in [3.63, 3.8) is 0 Å². The SMILES string of the molecule is CCC1(O)CC(F)(F)CCC1=O. The zero-order valence-corrected chi connectivity index (χ0v) is 6.94. The zero-order chi connectivity index (χ0) is 9.41. The molecule has 0 radical (unpaired) electrons. The highest BCUT2D eigenvalue weighted by Crippen LogP contribution is 2.38. The van der Waals surface area contributed by atoms with Crippen LogP contribution in [0.2, 0.25) is 0 Å². The predicted molar refractivity (Wildman–Crippen MR) is 39.0 cm³/mol. The van der Waals surface area contributed by atoms with Gasteiger partial charge in [0.25, 0.3) is 5.92 Å². The molecule has 0 heterocycles. The fourth-order valence-electron chi connectivity index (χ4n) is 1.47. The highest BCUT2D eigenvalue weighted by Gasteiger charge is 2.48. The number of hydrogen-bond acceptors (Lipinski definition) is 2. The number of Topliss-reactive ketones (excluding diaryl/α,β-unsaturated/α-hetero) is 1. The van der Waals surface area contributed by atoms with Crippen molar-refractivity contribution in [2.45, 2.75) is 44.1 Å². The first-order chi connectivity index (χ1) is 5.40. The molecule has 0 aromatic heterocycles. The van der Waals surface area contributed by atoms with E-state index >= 15 is 0 Å². The van der Waals surface area contributed by atoms with Crippen molar-refractivity contribution in [1.82, 2.24) is 0 Å². The molecule has 0 bridgehead atoms. The molecule has 0 aromatic rings. The van der Waals surface area contributed by atoms with E-state index in [1.807, 2.05) is 0 Å². The van der Waals surface area contributed by atoms with Crippen molar-refractivity contribution in [3.05, 3.63) is 0 Å². The van der Waals surface area contributed by atoms with Crippen LogP contribution in [-0.4, -0.2) is 22.4 Å². The Morgan fingerprint density at radius 1 is 1.58 bits per heavy atom. The molecule has 1 aliphatic rings. The standard InChI is InChI=1S/C8H12F2O2/c1-2-7(12)5-8(9,10)4-3-6(7)11/h12H,2-5H2,1H3. The Bertz CT molecular complexity index is 203. The maximum Gasteiger partial charge on any atom is 0.251 e. The lowest BCUT2D eigenvalue weighted by Gasteiger charge is -2.34. The molecule has 1 N–H and O–H groups in total. The molecule has 1 aliphatic carbocycles. The molecule has 70 valence electrons. The molecule has 1 unspecified atom stereocenters. The lowest BCUT2D eigenvalue weighted by Crippen LogP contribution is -2.47. The monoisotopic (exact) mass is 178 g/mol. The molecular formula is C8H12F2O2. The van der Waals surface area contributed by atoms with Gasteiger partial charge >= 0.3 is 0 Å². The van der Waals surface area contributed by atoms with Crippen LogP contribution in [0.1, 0.15) is 32.6 Å². The van der Waals surface area contributed by atoms with Crippen LogP contribution >= 0.6 is 0 Å². The summed E-state index contributed by atoms with van der Waals surface area (Å²) in [4.78, 5) is 11.1. The van der Waals surface area contributed by atoms with Crippen molar-refractivity contribution in [2.24, 2.45) is 0 Å². The number of carbonyl (C=O) groups is 1. The van der Waals surface area contributed by atoms with E-state index in [9.17, 15) is 18.7 Å². The van der Waals surface area contributed by atoms with E-state index in [1.165, 1.54) is 0 Å². The molecule has 12 heavy (non-hydrogen) atoms. The van der Waals surface area contributed by atoms with Gasteiger partial charge in [-0.1, -0.05) is 6.92 Å². The van der Waals surface area contributed by atoms with Gasteiger partial charge in [0.2, 0.25) is 0 Å². The van der Waals surface area contributed by atoms with Gasteiger partial charge in [0.05, 0.1) is 0 Å². The number of ketones is 1. The van der Waals surface area contributed by atoms with E-state index in [2.05, 4.69) is 0 Å². The first-order valence-corrected chi connectivity index (χ1v) is 4.03. The van der Waals surface area contributed by atoms with E-state index in [4.69, 9.17) is 0 Å². The summed E-state index contributed by atoms with van der Waals surface area (Å²) in [5.74, 6) is -3.32. The summed E-state index contributed by atoms with van der Waals surface area (Å²) in [5.41, 5.74) is -1.78. The molecule has 0 saturated heterocycles. The van der Waals surface area contributed by atoms with Gasteiger partial charge in [-0.15, -0.1) is 0 Å². The fourth-order valence-corrected chi connectivity index (χ4v) is 1.47. The molecule has 4 heteroatoms. The van der Waals surface area contributed by atoms with Crippen molar-refractivity contribution in [2.75, 3.05) is 0 Å². The summed E-state index contributed by atoms with van der Waals surface area (Å²) in [5, 5.41) is 9.45. The minimum atomic E-state index is -2.88. The van der Waals surface area contributed by atoms with Crippen LogP contribution < -0.4 is 0 Å². The second kappa shape index (κ2) is 2.76. The summed E-state index contributed by atoms with van der Waals surface area (Å²) in [6.07, 6.45) is -1.28. The predicted octanol–water partition coefficient (Wildman–Crippen LogP) is 1.52. The summed E-state index contributed by atoms with van der Waals surface area (Å²) in [6.45, 7) is 1.54. The Kier molecular flexibility index (Phi) is 2.21. The molecule has 0 aliphatic heterocycles. The lowest BCUT2D eigenvalue weighted by molar-refractivity contribution is -0.162. The van der Waals surface area contributed by atoms with Gasteiger partial charge in [-0.25, -0.2) is 8.78 Å². The van der Waals surface area contributed by atoms with Crippen LogP contribution in [0, 0.1) is 0 Å². The number of rotatable bonds is 1. The fraction of sp³-hybridized carbons (Fsp3) is 0.875. The third-order valence-corrected chi connectivity index (χ3v) is 2.37. The molecule has 0 aromatic carbocycles. The number of alkyl halides is 2. The topological polar surface area (TPSA) is 37.3 Å². The normalized spacial score (nSPS) is 35.2. The maximum absolute atomic E-state index is 12.7. The Balaban J connectivity index is 2.79. The van der Waals surface area contributed by atoms with E-state index < -0.39 is 30.1 Å². The molecule has 0 spiro atoms. The number of aliphatic hydroxyl groups is 1. The second-order valence-corrected chi connectivity index (χ2v) is 3.34. The molecular weight excluding hydrogens is 166 g/mol. The Morgan fingerprint density at radius 3 is 2.58 bits per heavy atom. The highest BCUT2D eigenvalue weighted by atomic mass is 19.3. The lowest BCUT2D eigenvalue weighted by atomic mass is 9.80. The van der Waals surface area contributed by atoms with Crippen molar-refractivity contribution < 1.29 is 18.7 Å². The summed E-state index contributed by atoms with van der Waals surface area (Å²) in [7, 11) is 0. The molecule has 1 fully saturated rings. The third-order valence-electron chi connectivity index (χ3n) is 2.37. The summed E-state index contributed by atoms with van der Waals surface area (Å²) < 4.78 is 25.5. The molecule has 1 rings (SSSR count). The second-order valence-electron chi connectivity index (χ2n) is 3.34. The van der Waals surface area contributed by atoms with Crippen LogP contribution in [-0.2, 0) is 4.79 Å². The van der Waals surface area contributed by atoms with Crippen molar-refractivity contribution in [1.29, 1.82) is 0 Å². The van der Waals surface area contributed by atoms with Crippen molar-refractivity contribution >= 4 is 5.78 Å². The average Bonchev–Trinajstić information content (AvgIpc) is 1.97. The van der Waals surface area contributed by atoms with E-state index in [0.29, 0.717) is 0 Å². The molecule has 0 amide bonds. The summed E-state index contributed by atoms with van der Waals surface area (Å²) in [6, 6.07) is 0. The highest BCUT2D eigenvalue weighted by molar-refractivity contribution is 5.87. The quantitative estimate of drug-likeness (QED) is 0.660. The van der Waals surface area contributed by atoms with Crippen LogP contribution in [0.5, 0.6) is 0 Å². The number of carbonyl (C=O) groups excluding carboxylic acids is 1. The third kappa shape index (κ3) is 1.63. The van der Waals surface area contributed by atoms with Gasteiger partial charge in [0.1, 0.15) is 5.60 Å². The largest absolute Gasteiger partial charge is 0.382 e. The first-order valence-electron chi connectivity index (χ1n) is 4.03. The van der Waals surface area contributed by atoms with Gasteiger partial charge in [0, 0.05) is 19.3 Å². The minimum absolute atomic E-state index is 0.0709. The van der Waals surface area contributed by atoms with Gasteiger partial charge < -0.3 is 5.11 Å². The Morgan fingerprint density at radius 2 is 2.17 bits per heavy atom. The van der Waals surface area contributed by atoms with E-state index in [1.54, 1.807) is 6.92 Å². The van der Waals surface area contributed by atoms with Gasteiger partial charge in [-0.2, -0.15) is 0 Å². The Hall–Kier alpha value is -0.510. The average molecular weight is 178 g/mol. The van der Waals surface area contributed by atoms with Crippen LogP contribution in [0.25, 0.3) is 0 Å². The zero-order valence-electron chi connectivity index (χ0n) is 6.94. The molecule has 1 atom stereocenters. The van der Waals surface area contributed by atoms with Gasteiger partial charge in [-0.05, 0) is 6.42 Å². The Labute approximate surface area is 69.6 Å². The van der Waals surface area contributed by atoms with Crippen LogP contribution in [0.15, 0.2) is 0 Å². The van der Waals surface area contributed by atoms with Crippen LogP contribution in [0.4, 0.5) is 8.78 Å². The van der Waals surface area contributed by atoms with Gasteiger partial charge in [-0.3, -0.25) is 4.79 Å². The van der Waals surface area contributed by atoms with E-state index in [-0.39, 0.29) is 12.8 Å². The van der Waals surface area contributed by atoms with Crippen molar-refractivity contribution in [3.8, 4) is 0 Å². The molecule has 1 saturated carbocycles. The number of hydrogen-bond donors (Lipinski definition) is 1. The van der Waals surface area contributed by atoms with Gasteiger partial charge in [0.15, 0.2) is 5.78 Å². The van der Waals surface area contributed by atoms with Crippen LogP contribution in [0.3, 0.4) is 0 Å². The first kappa shape index (κ1) is 9.58. The number of halogens is 2. The molecule has 2 nitrogen and oxygen atoms in total. The summed E-state index contributed by atoms with van der Waals surface area (Å²) >= 11 is 0. The van der Waals surface area contributed by atoms with E-state index in [0.717, 1.165) is 0 Å².